The number of hydrogen-bond acceptors (Lipinski definition) is 10. The molecule has 0 aliphatic rings. The van der Waals surface area contributed by atoms with Crippen LogP contribution in [-0.4, -0.2) is 28.0 Å². The summed E-state index contributed by atoms with van der Waals surface area (Å²) >= 11 is 4.89. The first-order valence-electron chi connectivity index (χ1n) is 10.7. The van der Waals surface area contributed by atoms with Crippen molar-refractivity contribution >= 4 is 35.1 Å². The lowest BCUT2D eigenvalue weighted by Gasteiger charge is -2.10. The number of hydrogen-bond donors (Lipinski definition) is 1. The normalized spacial score (nSPS) is 10.2. The monoisotopic (exact) mass is 524 g/mol. The smallest absolute Gasteiger partial charge is 0.347 e. The molecule has 190 valence electrons. The standard InChI is InChI=1S/C25H20N2O9S/c26-24(37)17-8-10-18(11-9-17)35-25(30)20-6-1-2-7-21(20)36-23(29)13-12-22(28)34-19-5-3-4-16(14-19)15-33-27(31)32/h1-11,14H,12-13,15H2,(H2,26,37). The zero-order valence-electron chi connectivity index (χ0n) is 19.2. The van der Waals surface area contributed by atoms with E-state index in [0.29, 0.717) is 11.1 Å². The van der Waals surface area contributed by atoms with E-state index in [0.717, 1.165) is 0 Å². The van der Waals surface area contributed by atoms with Gasteiger partial charge >= 0.3 is 17.9 Å². The Hall–Kier alpha value is -4.84. The lowest BCUT2D eigenvalue weighted by molar-refractivity contribution is -0.763. The van der Waals surface area contributed by atoms with E-state index in [4.69, 9.17) is 32.2 Å². The number of benzene rings is 3. The molecule has 3 rings (SSSR count). The van der Waals surface area contributed by atoms with Crippen molar-refractivity contribution in [1.82, 2.24) is 0 Å². The molecule has 12 heteroatoms. The topological polar surface area (TPSA) is 157 Å². The maximum atomic E-state index is 12.6. The minimum Gasteiger partial charge on any atom is -0.427 e. The molecule has 0 aliphatic carbocycles. The van der Waals surface area contributed by atoms with Gasteiger partial charge in [0.25, 0.3) is 5.09 Å². The van der Waals surface area contributed by atoms with Crippen molar-refractivity contribution in [2.24, 2.45) is 5.73 Å². The molecule has 0 aliphatic heterocycles. The number of thiocarbonyl (C=S) groups is 1. The number of carbonyl (C=O) groups is 3. The quantitative estimate of drug-likeness (QED) is 0.129. The van der Waals surface area contributed by atoms with Gasteiger partial charge in [0, 0.05) is 5.56 Å². The predicted octanol–water partition coefficient (Wildman–Crippen LogP) is 3.54. The third-order valence-electron chi connectivity index (χ3n) is 4.68. The van der Waals surface area contributed by atoms with Crippen LogP contribution in [0.1, 0.15) is 34.3 Å². The van der Waals surface area contributed by atoms with Gasteiger partial charge in [0.1, 0.15) is 34.4 Å². The highest BCUT2D eigenvalue weighted by Gasteiger charge is 2.18. The van der Waals surface area contributed by atoms with E-state index in [9.17, 15) is 24.5 Å². The van der Waals surface area contributed by atoms with Crippen molar-refractivity contribution in [1.29, 1.82) is 0 Å². The van der Waals surface area contributed by atoms with E-state index in [2.05, 4.69) is 4.84 Å². The van der Waals surface area contributed by atoms with Gasteiger partial charge in [-0.25, -0.2) is 4.79 Å². The molecule has 0 fully saturated rings. The Bertz CT molecular complexity index is 1330. The molecule has 11 nitrogen and oxygen atoms in total. The lowest BCUT2D eigenvalue weighted by atomic mass is 10.2. The van der Waals surface area contributed by atoms with E-state index in [-0.39, 0.29) is 47.2 Å². The van der Waals surface area contributed by atoms with Gasteiger partial charge < -0.3 is 24.8 Å². The molecule has 0 aromatic heterocycles. The summed E-state index contributed by atoms with van der Waals surface area (Å²) in [6.07, 6.45) is -0.636. The van der Waals surface area contributed by atoms with E-state index in [1.54, 1.807) is 30.3 Å². The fourth-order valence-corrected chi connectivity index (χ4v) is 3.10. The number of nitrogens with zero attached hydrogens (tertiary/aromatic N) is 1. The summed E-state index contributed by atoms with van der Waals surface area (Å²) in [4.78, 5) is 51.9. The summed E-state index contributed by atoms with van der Waals surface area (Å²) in [6.45, 7) is -0.306. The van der Waals surface area contributed by atoms with Gasteiger partial charge in [-0.15, -0.1) is 10.1 Å². The maximum Gasteiger partial charge on any atom is 0.347 e. The Morgan fingerprint density at radius 2 is 1.51 bits per heavy atom. The highest BCUT2D eigenvalue weighted by Crippen LogP contribution is 2.22. The van der Waals surface area contributed by atoms with Gasteiger partial charge in [0.05, 0.1) is 12.8 Å². The van der Waals surface area contributed by atoms with Gasteiger partial charge in [0.2, 0.25) is 0 Å². The van der Waals surface area contributed by atoms with Crippen molar-refractivity contribution in [3.63, 3.8) is 0 Å². The predicted molar refractivity (Wildman–Crippen MR) is 132 cm³/mol. The van der Waals surface area contributed by atoms with Crippen LogP contribution < -0.4 is 19.9 Å². The highest BCUT2D eigenvalue weighted by atomic mass is 32.1. The Morgan fingerprint density at radius 3 is 2.19 bits per heavy atom. The second-order valence-electron chi connectivity index (χ2n) is 7.37. The van der Waals surface area contributed by atoms with Crippen LogP contribution in [0.25, 0.3) is 0 Å². The summed E-state index contributed by atoms with van der Waals surface area (Å²) in [6, 6.07) is 18.2. The SMILES string of the molecule is NC(=S)c1ccc(OC(=O)c2ccccc2OC(=O)CCC(=O)Oc2cccc(CO[N+](=O)[O-])c2)cc1. The molecule has 0 saturated heterocycles. The summed E-state index contributed by atoms with van der Waals surface area (Å²) in [5.74, 6) is -1.92. The molecule has 0 amide bonds. The molecule has 0 bridgehead atoms. The van der Waals surface area contributed by atoms with Crippen LogP contribution >= 0.6 is 12.2 Å². The molecule has 0 unspecified atom stereocenters. The number of ether oxygens (including phenoxy) is 3. The molecule has 3 aromatic carbocycles. The van der Waals surface area contributed by atoms with Crippen molar-refractivity contribution in [2.45, 2.75) is 19.4 Å². The molecule has 0 saturated carbocycles. The van der Waals surface area contributed by atoms with E-state index in [1.165, 1.54) is 42.5 Å². The average Bonchev–Trinajstić information content (AvgIpc) is 2.87. The zero-order chi connectivity index (χ0) is 26.8. The number of para-hydroxylation sites is 1. The first kappa shape index (κ1) is 26.8. The largest absolute Gasteiger partial charge is 0.427 e. The number of carbonyl (C=O) groups excluding carboxylic acids is 3. The minimum atomic E-state index is -0.933. The molecular formula is C25H20N2O9S. The molecule has 0 heterocycles. The summed E-state index contributed by atoms with van der Waals surface area (Å²) in [7, 11) is 0. The van der Waals surface area contributed by atoms with Crippen LogP contribution in [0.15, 0.2) is 72.8 Å². The Kier molecular flexibility index (Phi) is 9.22. The number of esters is 3. The van der Waals surface area contributed by atoms with E-state index < -0.39 is 23.0 Å². The van der Waals surface area contributed by atoms with Crippen LogP contribution in [0, 0.1) is 10.1 Å². The van der Waals surface area contributed by atoms with Crippen molar-refractivity contribution in [3.8, 4) is 17.2 Å². The Labute approximate surface area is 215 Å². The first-order valence-corrected chi connectivity index (χ1v) is 11.1. The molecule has 0 radical (unpaired) electrons. The van der Waals surface area contributed by atoms with Gasteiger partial charge in [0.15, 0.2) is 0 Å². The molecule has 3 aromatic rings. The summed E-state index contributed by atoms with van der Waals surface area (Å²) in [5.41, 5.74) is 6.59. The third kappa shape index (κ3) is 8.40. The number of rotatable bonds is 11. The van der Waals surface area contributed by atoms with E-state index >= 15 is 0 Å². The van der Waals surface area contributed by atoms with Crippen LogP contribution in [0.3, 0.4) is 0 Å². The number of nitrogens with two attached hydrogens (primary N) is 1. The zero-order valence-corrected chi connectivity index (χ0v) is 20.0. The van der Waals surface area contributed by atoms with Crippen LogP contribution in [0.5, 0.6) is 17.2 Å². The fraction of sp³-hybridized carbons (Fsp3) is 0.120. The van der Waals surface area contributed by atoms with Gasteiger partial charge in [-0.2, -0.15) is 0 Å². The Morgan fingerprint density at radius 1 is 0.838 bits per heavy atom. The van der Waals surface area contributed by atoms with Gasteiger partial charge in [-0.05, 0) is 54.1 Å². The first-order chi connectivity index (χ1) is 17.7. The lowest BCUT2D eigenvalue weighted by Crippen LogP contribution is -2.16. The third-order valence-corrected chi connectivity index (χ3v) is 4.92. The van der Waals surface area contributed by atoms with Crippen LogP contribution in [-0.2, 0) is 21.0 Å². The van der Waals surface area contributed by atoms with E-state index in [1.807, 2.05) is 0 Å². The second kappa shape index (κ2) is 12.7. The highest BCUT2D eigenvalue weighted by molar-refractivity contribution is 7.80. The van der Waals surface area contributed by atoms with Crippen LogP contribution in [0.2, 0.25) is 0 Å². The fourth-order valence-electron chi connectivity index (χ4n) is 2.96. The molecule has 0 atom stereocenters. The van der Waals surface area contributed by atoms with Crippen molar-refractivity contribution in [3.05, 3.63) is 99.6 Å². The minimum absolute atomic E-state index is 0.00519. The van der Waals surface area contributed by atoms with Crippen molar-refractivity contribution < 1.29 is 38.5 Å². The summed E-state index contributed by atoms with van der Waals surface area (Å²) < 4.78 is 15.7. The molecule has 37 heavy (non-hydrogen) atoms. The maximum absolute atomic E-state index is 12.6. The second-order valence-corrected chi connectivity index (χ2v) is 7.81. The average molecular weight is 525 g/mol. The summed E-state index contributed by atoms with van der Waals surface area (Å²) in [5, 5.41) is 9.38. The van der Waals surface area contributed by atoms with Gasteiger partial charge in [-0.1, -0.05) is 36.5 Å². The molecule has 0 spiro atoms. The van der Waals surface area contributed by atoms with Crippen LogP contribution in [0.4, 0.5) is 0 Å². The molecule has 2 N–H and O–H groups in total. The molecular weight excluding hydrogens is 504 g/mol. The Balaban J connectivity index is 1.54. The van der Waals surface area contributed by atoms with Gasteiger partial charge in [-0.3, -0.25) is 9.59 Å². The van der Waals surface area contributed by atoms with Crippen molar-refractivity contribution in [2.75, 3.05) is 0 Å².